The molecule has 0 aliphatic carbocycles. The number of hydrogen-bond donors (Lipinski definition) is 1. The number of fused-ring (bicyclic) bond motifs is 1. The topological polar surface area (TPSA) is 53.2 Å². The fourth-order valence-corrected chi connectivity index (χ4v) is 2.14. The number of benzene rings is 1. The minimum atomic E-state index is -0.528. The Morgan fingerprint density at radius 2 is 2.11 bits per heavy atom. The fourth-order valence-electron chi connectivity index (χ4n) is 2.00. The summed E-state index contributed by atoms with van der Waals surface area (Å²) < 4.78 is 7.74. The summed E-state index contributed by atoms with van der Waals surface area (Å²) in [5.41, 5.74) is 0.399. The molecule has 0 atom stereocenters. The first kappa shape index (κ1) is 13.7. The Kier molecular flexibility index (Phi) is 4.31. The van der Waals surface area contributed by atoms with Gasteiger partial charge in [0.2, 0.25) is 0 Å². The number of aromatic nitrogens is 2. The van der Waals surface area contributed by atoms with Gasteiger partial charge in [0.1, 0.15) is 0 Å². The number of thiol groups is 1. The van der Waals surface area contributed by atoms with Crippen molar-refractivity contribution in [2.75, 3.05) is 12.4 Å². The van der Waals surface area contributed by atoms with Crippen LogP contribution < -0.4 is 5.56 Å². The summed E-state index contributed by atoms with van der Waals surface area (Å²) in [6, 6.07) is 7.03. The zero-order valence-electron chi connectivity index (χ0n) is 10.7. The highest BCUT2D eigenvalue weighted by Crippen LogP contribution is 2.12. The molecular weight excluding hydrogens is 264 g/mol. The van der Waals surface area contributed by atoms with Crippen LogP contribution in [0, 0.1) is 0 Å². The van der Waals surface area contributed by atoms with Gasteiger partial charge in [-0.05, 0) is 31.2 Å². The van der Waals surface area contributed by atoms with Crippen LogP contribution in [0.3, 0.4) is 0 Å². The molecule has 0 unspecified atom stereocenters. The highest BCUT2D eigenvalue weighted by molar-refractivity contribution is 7.80. The lowest BCUT2D eigenvalue weighted by Gasteiger charge is -2.10. The van der Waals surface area contributed by atoms with Gasteiger partial charge in [0.05, 0.1) is 17.5 Å². The van der Waals surface area contributed by atoms with E-state index in [0.717, 1.165) is 0 Å². The maximum absolute atomic E-state index is 12.3. The Balaban J connectivity index is 2.62. The molecule has 102 valence electrons. The maximum Gasteiger partial charge on any atom is 0.433 e. The molecule has 6 heteroatoms. The quantitative estimate of drug-likeness (QED) is 0.873. The molecule has 0 aliphatic rings. The van der Waals surface area contributed by atoms with Crippen molar-refractivity contribution in [2.45, 2.75) is 19.9 Å². The van der Waals surface area contributed by atoms with Gasteiger partial charge >= 0.3 is 6.09 Å². The average molecular weight is 280 g/mol. The monoisotopic (exact) mass is 280 g/mol. The molecule has 0 saturated heterocycles. The summed E-state index contributed by atoms with van der Waals surface area (Å²) in [5.74, 6) is 0.650. The number of rotatable bonds is 4. The zero-order valence-corrected chi connectivity index (χ0v) is 11.6. The summed E-state index contributed by atoms with van der Waals surface area (Å²) in [7, 11) is 0. The van der Waals surface area contributed by atoms with E-state index in [4.69, 9.17) is 4.74 Å². The van der Waals surface area contributed by atoms with E-state index < -0.39 is 6.09 Å². The van der Waals surface area contributed by atoms with E-state index in [1.165, 1.54) is 9.36 Å². The second-order valence-corrected chi connectivity index (χ2v) is 4.48. The van der Waals surface area contributed by atoms with Crippen LogP contribution in [0.5, 0.6) is 0 Å². The lowest BCUT2D eigenvalue weighted by molar-refractivity contribution is 0.146. The molecule has 1 aromatic heterocycles. The standard InChI is InChI=1S/C13H16N2O3S/c1-2-18-13(17)15-11-7-4-3-6-10(11)12(16)14(15)8-5-9-19/h3-4,6-7,19H,2,5,8-9H2,1H3. The van der Waals surface area contributed by atoms with Crippen LogP contribution in [-0.4, -0.2) is 27.8 Å². The van der Waals surface area contributed by atoms with Crippen molar-refractivity contribution in [1.82, 2.24) is 9.36 Å². The lowest BCUT2D eigenvalue weighted by atomic mass is 10.2. The Morgan fingerprint density at radius 1 is 1.37 bits per heavy atom. The third kappa shape index (κ3) is 2.53. The highest BCUT2D eigenvalue weighted by Gasteiger charge is 2.18. The lowest BCUT2D eigenvalue weighted by Crippen LogP contribution is -2.28. The third-order valence-corrected chi connectivity index (χ3v) is 3.12. The Hall–Kier alpha value is -1.69. The van der Waals surface area contributed by atoms with Crippen molar-refractivity contribution in [3.8, 4) is 0 Å². The van der Waals surface area contributed by atoms with Crippen LogP contribution >= 0.6 is 12.6 Å². The van der Waals surface area contributed by atoms with Crippen LogP contribution in [0.25, 0.3) is 10.9 Å². The third-order valence-electron chi connectivity index (χ3n) is 2.81. The highest BCUT2D eigenvalue weighted by atomic mass is 32.1. The largest absolute Gasteiger partial charge is 0.448 e. The first-order valence-corrected chi connectivity index (χ1v) is 6.82. The van der Waals surface area contributed by atoms with Gasteiger partial charge in [0.25, 0.3) is 5.56 Å². The molecule has 0 fully saturated rings. The molecular formula is C13H16N2O3S. The van der Waals surface area contributed by atoms with E-state index in [1.807, 2.05) is 0 Å². The Morgan fingerprint density at radius 3 is 2.79 bits per heavy atom. The van der Waals surface area contributed by atoms with E-state index >= 15 is 0 Å². The summed E-state index contributed by atoms with van der Waals surface area (Å²) in [6.07, 6.45) is 0.179. The molecule has 0 aliphatic heterocycles. The van der Waals surface area contributed by atoms with Gasteiger partial charge in [-0.25, -0.2) is 9.48 Å². The average Bonchev–Trinajstić information content (AvgIpc) is 2.70. The van der Waals surface area contributed by atoms with Gasteiger partial charge in [-0.15, -0.1) is 0 Å². The van der Waals surface area contributed by atoms with E-state index in [9.17, 15) is 9.59 Å². The molecule has 0 spiro atoms. The van der Waals surface area contributed by atoms with Crippen LogP contribution in [-0.2, 0) is 11.3 Å². The summed E-state index contributed by atoms with van der Waals surface area (Å²) in [4.78, 5) is 24.3. The zero-order chi connectivity index (χ0) is 13.8. The number of carbonyl (C=O) groups is 1. The number of hydrogen-bond acceptors (Lipinski definition) is 4. The molecule has 0 N–H and O–H groups in total. The molecule has 0 radical (unpaired) electrons. The normalized spacial score (nSPS) is 10.8. The second-order valence-electron chi connectivity index (χ2n) is 4.03. The van der Waals surface area contributed by atoms with Gasteiger partial charge in [-0.3, -0.25) is 4.79 Å². The van der Waals surface area contributed by atoms with Gasteiger partial charge in [0, 0.05) is 6.54 Å². The molecule has 1 heterocycles. The predicted molar refractivity (Wildman–Crippen MR) is 77.1 cm³/mol. The Labute approximate surface area is 116 Å². The second kappa shape index (κ2) is 5.97. The van der Waals surface area contributed by atoms with Crippen LogP contribution in [0.4, 0.5) is 4.79 Å². The number of carbonyl (C=O) groups excluding carboxylic acids is 1. The van der Waals surface area contributed by atoms with E-state index in [1.54, 1.807) is 31.2 Å². The van der Waals surface area contributed by atoms with E-state index in [0.29, 0.717) is 29.6 Å². The van der Waals surface area contributed by atoms with Crippen molar-refractivity contribution in [2.24, 2.45) is 0 Å². The molecule has 2 rings (SSSR count). The van der Waals surface area contributed by atoms with Gasteiger partial charge < -0.3 is 4.74 Å². The molecule has 5 nitrogen and oxygen atoms in total. The molecule has 19 heavy (non-hydrogen) atoms. The summed E-state index contributed by atoms with van der Waals surface area (Å²) in [6.45, 7) is 2.45. The maximum atomic E-state index is 12.3. The van der Waals surface area contributed by atoms with Crippen molar-refractivity contribution < 1.29 is 9.53 Å². The number of ether oxygens (including phenoxy) is 1. The minimum absolute atomic E-state index is 0.176. The van der Waals surface area contributed by atoms with Gasteiger partial charge in [-0.1, -0.05) is 12.1 Å². The minimum Gasteiger partial charge on any atom is -0.448 e. The van der Waals surface area contributed by atoms with Crippen LogP contribution in [0.15, 0.2) is 29.1 Å². The molecule has 0 saturated carbocycles. The van der Waals surface area contributed by atoms with Crippen molar-refractivity contribution in [1.29, 1.82) is 0 Å². The molecule has 1 aromatic carbocycles. The van der Waals surface area contributed by atoms with Crippen LogP contribution in [0.2, 0.25) is 0 Å². The van der Waals surface area contributed by atoms with Crippen molar-refractivity contribution in [3.05, 3.63) is 34.6 Å². The predicted octanol–water partition coefficient (Wildman–Crippen LogP) is 2.13. The van der Waals surface area contributed by atoms with Crippen molar-refractivity contribution in [3.63, 3.8) is 0 Å². The van der Waals surface area contributed by atoms with Gasteiger partial charge in [-0.2, -0.15) is 17.3 Å². The smallest absolute Gasteiger partial charge is 0.433 e. The summed E-state index contributed by atoms with van der Waals surface area (Å²) >= 11 is 4.13. The van der Waals surface area contributed by atoms with Crippen molar-refractivity contribution >= 4 is 29.6 Å². The van der Waals surface area contributed by atoms with E-state index in [-0.39, 0.29) is 12.2 Å². The SMILES string of the molecule is CCOC(=O)n1c2ccccc2c(=O)n1CCCS. The first-order valence-electron chi connectivity index (χ1n) is 6.19. The van der Waals surface area contributed by atoms with Gasteiger partial charge in [0.15, 0.2) is 0 Å². The van der Waals surface area contributed by atoms with E-state index in [2.05, 4.69) is 12.6 Å². The molecule has 0 bridgehead atoms. The first-order chi connectivity index (χ1) is 9.20. The summed E-state index contributed by atoms with van der Waals surface area (Å²) in [5, 5.41) is 0.523. The molecule has 2 aromatic rings. The Bertz CT molecular complexity index is 645. The number of para-hydroxylation sites is 1. The fraction of sp³-hybridized carbons (Fsp3) is 0.385. The van der Waals surface area contributed by atoms with Crippen LogP contribution in [0.1, 0.15) is 13.3 Å². The molecule has 0 amide bonds. The number of nitrogens with zero attached hydrogens (tertiary/aromatic N) is 2.